The van der Waals surface area contributed by atoms with Crippen molar-refractivity contribution in [1.29, 1.82) is 0 Å². The largest absolute Gasteiger partial charge is 0.465 e. The van der Waals surface area contributed by atoms with Crippen LogP contribution < -0.4 is 5.73 Å². The van der Waals surface area contributed by atoms with Crippen molar-refractivity contribution in [2.75, 3.05) is 6.61 Å². The summed E-state index contributed by atoms with van der Waals surface area (Å²) in [7, 11) is 0. The van der Waals surface area contributed by atoms with Gasteiger partial charge in [0.25, 0.3) is 0 Å². The molecule has 0 saturated carbocycles. The molecule has 6 heteroatoms. The maximum atomic E-state index is 11.7. The van der Waals surface area contributed by atoms with Gasteiger partial charge in [0.1, 0.15) is 6.04 Å². The summed E-state index contributed by atoms with van der Waals surface area (Å²) in [5.41, 5.74) is 6.75. The summed E-state index contributed by atoms with van der Waals surface area (Å²) in [6.07, 6.45) is 3.69. The van der Waals surface area contributed by atoms with Gasteiger partial charge in [-0.05, 0) is 6.42 Å². The Labute approximate surface area is 136 Å². The number of nitrogens with two attached hydrogens (primary N) is 1. The number of hydrogen-bond acceptors (Lipinski definition) is 5. The van der Waals surface area contributed by atoms with E-state index in [0.29, 0.717) is 18.3 Å². The molecule has 0 saturated heterocycles. The lowest BCUT2D eigenvalue weighted by molar-refractivity contribution is -0.145. The fraction of sp³-hybridized carbons (Fsp3) is 0.375. The molecule has 5 nitrogen and oxygen atoms in total. The van der Waals surface area contributed by atoms with Crippen LogP contribution in [0.4, 0.5) is 0 Å². The number of hydrogen-bond donors (Lipinski definition) is 1. The molecular weight excluding hydrogens is 304 g/mol. The van der Waals surface area contributed by atoms with Gasteiger partial charge >= 0.3 is 5.97 Å². The first-order valence-corrected chi connectivity index (χ1v) is 7.13. The molecular formula is C16H21ClN2O3. The molecule has 0 radical (unpaired) electrons. The van der Waals surface area contributed by atoms with E-state index < -0.39 is 12.0 Å². The van der Waals surface area contributed by atoms with Gasteiger partial charge in [-0.25, -0.2) is 4.98 Å². The van der Waals surface area contributed by atoms with Crippen molar-refractivity contribution in [3.8, 4) is 11.3 Å². The third-order valence-corrected chi connectivity index (χ3v) is 3.05. The van der Waals surface area contributed by atoms with Crippen LogP contribution in [-0.2, 0) is 16.0 Å². The Morgan fingerprint density at radius 3 is 2.77 bits per heavy atom. The normalized spacial score (nSPS) is 11.5. The van der Waals surface area contributed by atoms with Crippen molar-refractivity contribution in [2.45, 2.75) is 32.2 Å². The molecule has 2 rings (SSSR count). The fourth-order valence-corrected chi connectivity index (χ4v) is 1.84. The van der Waals surface area contributed by atoms with Crippen molar-refractivity contribution < 1.29 is 13.9 Å². The SMILES string of the molecule is CCCCOC(=O)[C@@H](N)Cc1ncc(-c2ccccc2)o1.Cl. The summed E-state index contributed by atoms with van der Waals surface area (Å²) in [6.45, 7) is 2.44. The van der Waals surface area contributed by atoms with Crippen molar-refractivity contribution in [2.24, 2.45) is 5.73 Å². The van der Waals surface area contributed by atoms with Crippen LogP contribution in [0, 0.1) is 0 Å². The van der Waals surface area contributed by atoms with Crippen LogP contribution in [0.5, 0.6) is 0 Å². The zero-order valence-electron chi connectivity index (χ0n) is 12.5. The van der Waals surface area contributed by atoms with E-state index >= 15 is 0 Å². The maximum Gasteiger partial charge on any atom is 0.323 e. The predicted molar refractivity (Wildman–Crippen MR) is 86.7 cm³/mol. The van der Waals surface area contributed by atoms with Crippen LogP contribution in [-0.4, -0.2) is 23.6 Å². The number of carbonyl (C=O) groups is 1. The van der Waals surface area contributed by atoms with Crippen molar-refractivity contribution in [1.82, 2.24) is 4.98 Å². The van der Waals surface area contributed by atoms with Gasteiger partial charge in [-0.3, -0.25) is 4.79 Å². The number of ether oxygens (including phenoxy) is 1. The minimum atomic E-state index is -0.746. The third-order valence-electron chi connectivity index (χ3n) is 3.05. The molecule has 120 valence electrons. The summed E-state index contributed by atoms with van der Waals surface area (Å²) in [6, 6.07) is 8.90. The number of rotatable bonds is 7. The Morgan fingerprint density at radius 1 is 1.36 bits per heavy atom. The first-order chi connectivity index (χ1) is 10.2. The van der Waals surface area contributed by atoms with Gasteiger partial charge in [-0.1, -0.05) is 43.7 Å². The van der Waals surface area contributed by atoms with Crippen molar-refractivity contribution in [3.05, 3.63) is 42.4 Å². The highest BCUT2D eigenvalue weighted by Gasteiger charge is 2.18. The van der Waals surface area contributed by atoms with E-state index in [4.69, 9.17) is 14.9 Å². The minimum Gasteiger partial charge on any atom is -0.465 e. The number of halogens is 1. The number of nitrogens with zero attached hydrogens (tertiary/aromatic N) is 1. The van der Waals surface area contributed by atoms with Crippen LogP contribution in [0.2, 0.25) is 0 Å². The maximum absolute atomic E-state index is 11.7. The first kappa shape index (κ1) is 18.2. The van der Waals surface area contributed by atoms with Crippen LogP contribution >= 0.6 is 12.4 Å². The molecule has 1 aromatic heterocycles. The minimum absolute atomic E-state index is 0. The number of benzene rings is 1. The van der Waals surface area contributed by atoms with Crippen LogP contribution in [0.15, 0.2) is 40.9 Å². The highest BCUT2D eigenvalue weighted by Crippen LogP contribution is 2.20. The molecule has 0 aliphatic carbocycles. The van der Waals surface area contributed by atoms with Gasteiger partial charge in [0.2, 0.25) is 0 Å². The van der Waals surface area contributed by atoms with E-state index in [1.54, 1.807) is 6.20 Å². The molecule has 0 aliphatic heterocycles. The molecule has 1 aromatic carbocycles. The topological polar surface area (TPSA) is 78.4 Å². The van der Waals surface area contributed by atoms with E-state index in [0.717, 1.165) is 18.4 Å². The smallest absolute Gasteiger partial charge is 0.323 e. The number of carbonyl (C=O) groups excluding carboxylic acids is 1. The second-order valence-electron chi connectivity index (χ2n) is 4.82. The van der Waals surface area contributed by atoms with Gasteiger partial charge in [0.05, 0.1) is 19.2 Å². The Balaban J connectivity index is 0.00000242. The highest BCUT2D eigenvalue weighted by molar-refractivity contribution is 5.85. The van der Waals surface area contributed by atoms with Gasteiger partial charge in [0, 0.05) is 5.56 Å². The molecule has 0 aliphatic rings. The predicted octanol–water partition coefficient (Wildman–Crippen LogP) is 2.98. The second kappa shape index (κ2) is 9.23. The Morgan fingerprint density at radius 2 is 2.09 bits per heavy atom. The van der Waals surface area contributed by atoms with E-state index in [2.05, 4.69) is 4.98 Å². The molecule has 0 fully saturated rings. The molecule has 1 heterocycles. The summed E-state index contributed by atoms with van der Waals surface area (Å²) < 4.78 is 10.7. The number of esters is 1. The molecule has 22 heavy (non-hydrogen) atoms. The lowest BCUT2D eigenvalue weighted by atomic mass is 10.2. The summed E-state index contributed by atoms with van der Waals surface area (Å²) in [4.78, 5) is 15.8. The van der Waals surface area contributed by atoms with Crippen LogP contribution in [0.1, 0.15) is 25.7 Å². The van der Waals surface area contributed by atoms with Gasteiger partial charge in [0.15, 0.2) is 11.7 Å². The lowest BCUT2D eigenvalue weighted by Crippen LogP contribution is -2.34. The summed E-state index contributed by atoms with van der Waals surface area (Å²) in [5.74, 6) is 0.689. The van der Waals surface area contributed by atoms with E-state index in [1.807, 2.05) is 37.3 Å². The average Bonchev–Trinajstić information content (AvgIpc) is 2.97. The van der Waals surface area contributed by atoms with Crippen LogP contribution in [0.25, 0.3) is 11.3 Å². The average molecular weight is 325 g/mol. The number of oxazole rings is 1. The first-order valence-electron chi connectivity index (χ1n) is 7.13. The van der Waals surface area contributed by atoms with E-state index in [1.165, 1.54) is 0 Å². The molecule has 1 atom stereocenters. The molecule has 0 spiro atoms. The zero-order chi connectivity index (χ0) is 15.1. The zero-order valence-corrected chi connectivity index (χ0v) is 13.3. The van der Waals surface area contributed by atoms with Crippen molar-refractivity contribution in [3.63, 3.8) is 0 Å². The van der Waals surface area contributed by atoms with Gasteiger partial charge in [-0.15, -0.1) is 12.4 Å². The Kier molecular flexibility index (Phi) is 7.63. The molecule has 0 unspecified atom stereocenters. The molecule has 0 bridgehead atoms. The molecule has 2 aromatic rings. The van der Waals surface area contributed by atoms with Crippen LogP contribution in [0.3, 0.4) is 0 Å². The van der Waals surface area contributed by atoms with Gasteiger partial charge < -0.3 is 14.9 Å². The third kappa shape index (κ3) is 5.16. The monoisotopic (exact) mass is 324 g/mol. The Bertz CT molecular complexity index is 572. The summed E-state index contributed by atoms with van der Waals surface area (Å²) >= 11 is 0. The van der Waals surface area contributed by atoms with E-state index in [9.17, 15) is 4.79 Å². The van der Waals surface area contributed by atoms with Crippen molar-refractivity contribution >= 4 is 18.4 Å². The highest BCUT2D eigenvalue weighted by atomic mass is 35.5. The summed E-state index contributed by atoms with van der Waals surface area (Å²) in [5, 5.41) is 0. The molecule has 2 N–H and O–H groups in total. The van der Waals surface area contributed by atoms with E-state index in [-0.39, 0.29) is 18.8 Å². The lowest BCUT2D eigenvalue weighted by Gasteiger charge is -2.09. The fourth-order valence-electron chi connectivity index (χ4n) is 1.84. The number of unbranched alkanes of at least 4 members (excludes halogenated alkanes) is 1. The standard InChI is InChI=1S/C16H20N2O3.ClH/c1-2-3-9-20-16(19)13(17)10-15-18-11-14(21-15)12-7-5-4-6-8-12;/h4-8,11,13H,2-3,9-10,17H2,1H3;1H/t13-;/m0./s1. The number of aromatic nitrogens is 1. The molecule has 0 amide bonds. The second-order valence-corrected chi connectivity index (χ2v) is 4.82. The van der Waals surface area contributed by atoms with Gasteiger partial charge in [-0.2, -0.15) is 0 Å². The Hall–Kier alpha value is -1.85. The quantitative estimate of drug-likeness (QED) is 0.625.